The summed E-state index contributed by atoms with van der Waals surface area (Å²) in [5, 5.41) is 13.6. The molecule has 0 aliphatic heterocycles. The molecule has 8 heteroatoms. The van der Waals surface area contributed by atoms with E-state index >= 15 is 0 Å². The third-order valence-corrected chi connectivity index (χ3v) is 4.14. The van der Waals surface area contributed by atoms with Gasteiger partial charge in [-0.05, 0) is 42.5 Å². The summed E-state index contributed by atoms with van der Waals surface area (Å²) in [6.45, 7) is 0. The van der Waals surface area contributed by atoms with Crippen molar-refractivity contribution in [3.8, 4) is 11.6 Å². The van der Waals surface area contributed by atoms with E-state index in [1.54, 1.807) is 24.3 Å². The number of carbonyl (C=O) groups is 1. The number of halogens is 2. The predicted molar refractivity (Wildman–Crippen MR) is 98.9 cm³/mol. The third-order valence-electron chi connectivity index (χ3n) is 3.90. The van der Waals surface area contributed by atoms with Gasteiger partial charge in [-0.2, -0.15) is 0 Å². The van der Waals surface area contributed by atoms with Crippen LogP contribution in [0.15, 0.2) is 59.3 Å². The van der Waals surface area contributed by atoms with Crippen molar-refractivity contribution in [3.05, 3.63) is 71.3 Å². The van der Waals surface area contributed by atoms with Crippen LogP contribution in [-0.2, 0) is 0 Å². The quantitative estimate of drug-likeness (QED) is 0.508. The van der Waals surface area contributed by atoms with Crippen LogP contribution in [0.4, 0.5) is 15.8 Å². The Morgan fingerprint density at radius 1 is 1.15 bits per heavy atom. The lowest BCUT2D eigenvalue weighted by Crippen LogP contribution is -2.04. The van der Waals surface area contributed by atoms with Crippen molar-refractivity contribution < 1.29 is 18.7 Å². The van der Waals surface area contributed by atoms with Crippen LogP contribution in [0.25, 0.3) is 22.5 Å². The summed E-state index contributed by atoms with van der Waals surface area (Å²) in [7, 11) is 0. The fraction of sp³-hybridized carbons (Fsp3) is 0. The molecule has 0 radical (unpaired) electrons. The van der Waals surface area contributed by atoms with Gasteiger partial charge in [-0.25, -0.2) is 19.2 Å². The molecule has 0 saturated carbocycles. The van der Waals surface area contributed by atoms with Gasteiger partial charge in [0.05, 0.1) is 28.7 Å². The SMILES string of the molecule is O=C(O)c1cc(F)ccc1Nc1cc(-c2ncco2)nc2ccc(Cl)cc12. The maximum atomic E-state index is 13.5. The molecule has 2 aromatic heterocycles. The van der Waals surface area contributed by atoms with Crippen LogP contribution in [-0.4, -0.2) is 21.0 Å². The summed E-state index contributed by atoms with van der Waals surface area (Å²) >= 11 is 6.11. The molecule has 0 fully saturated rings. The van der Waals surface area contributed by atoms with Gasteiger partial charge in [0.2, 0.25) is 5.89 Å². The minimum atomic E-state index is -1.25. The second-order valence-electron chi connectivity index (χ2n) is 5.67. The molecule has 0 unspecified atom stereocenters. The molecule has 4 aromatic rings. The van der Waals surface area contributed by atoms with E-state index < -0.39 is 11.8 Å². The second kappa shape index (κ2) is 6.69. The molecule has 0 atom stereocenters. The highest BCUT2D eigenvalue weighted by Gasteiger charge is 2.15. The Labute approximate surface area is 157 Å². The Morgan fingerprint density at radius 2 is 2.00 bits per heavy atom. The maximum Gasteiger partial charge on any atom is 0.337 e. The van der Waals surface area contributed by atoms with Crippen LogP contribution in [0, 0.1) is 5.82 Å². The van der Waals surface area contributed by atoms with Crippen molar-refractivity contribution in [3.63, 3.8) is 0 Å². The zero-order chi connectivity index (χ0) is 19.0. The number of carboxylic acid groups (broad SMARTS) is 1. The first-order valence-corrected chi connectivity index (χ1v) is 8.19. The van der Waals surface area contributed by atoms with Crippen molar-refractivity contribution in [2.24, 2.45) is 0 Å². The molecule has 2 heterocycles. The average molecular weight is 384 g/mol. The molecule has 2 N–H and O–H groups in total. The molecule has 2 aromatic carbocycles. The Bertz CT molecular complexity index is 1160. The number of nitrogens with one attached hydrogen (secondary N) is 1. The molecule has 0 aliphatic carbocycles. The van der Waals surface area contributed by atoms with Crippen molar-refractivity contribution in [1.29, 1.82) is 0 Å². The van der Waals surface area contributed by atoms with Gasteiger partial charge in [-0.15, -0.1) is 0 Å². The van der Waals surface area contributed by atoms with E-state index in [4.69, 9.17) is 16.0 Å². The molecule has 27 heavy (non-hydrogen) atoms. The number of anilines is 2. The second-order valence-corrected chi connectivity index (χ2v) is 6.11. The van der Waals surface area contributed by atoms with Crippen LogP contribution >= 0.6 is 11.6 Å². The van der Waals surface area contributed by atoms with E-state index in [-0.39, 0.29) is 11.3 Å². The molecule has 0 amide bonds. The van der Waals surface area contributed by atoms with E-state index in [0.29, 0.717) is 33.2 Å². The summed E-state index contributed by atoms with van der Waals surface area (Å²) in [6.07, 6.45) is 2.93. The number of oxazole rings is 1. The van der Waals surface area contributed by atoms with Gasteiger partial charge in [0.25, 0.3) is 0 Å². The first kappa shape index (κ1) is 17.0. The summed E-state index contributed by atoms with van der Waals surface area (Å²) < 4.78 is 18.8. The molecular weight excluding hydrogens is 373 g/mol. The molecule has 0 saturated heterocycles. The van der Waals surface area contributed by atoms with Crippen LogP contribution in [0.5, 0.6) is 0 Å². The average Bonchev–Trinajstić information content (AvgIpc) is 3.18. The minimum Gasteiger partial charge on any atom is -0.478 e. The highest BCUT2D eigenvalue weighted by Crippen LogP contribution is 2.32. The molecule has 0 bridgehead atoms. The van der Waals surface area contributed by atoms with Gasteiger partial charge < -0.3 is 14.8 Å². The number of aromatic carboxylic acids is 1. The van der Waals surface area contributed by atoms with Crippen molar-refractivity contribution >= 4 is 39.8 Å². The predicted octanol–water partition coefficient (Wildman–Crippen LogP) is 5.12. The summed E-state index contributed by atoms with van der Waals surface area (Å²) in [5.41, 5.74) is 1.63. The van der Waals surface area contributed by atoms with Gasteiger partial charge >= 0.3 is 5.97 Å². The largest absolute Gasteiger partial charge is 0.478 e. The number of rotatable bonds is 4. The van der Waals surface area contributed by atoms with E-state index in [9.17, 15) is 14.3 Å². The standard InChI is InChI=1S/C19H11ClFN3O3/c20-10-1-3-14-12(7-10)16(9-17(24-14)18-22-5-6-27-18)23-15-4-2-11(21)8-13(15)19(25)26/h1-9H,(H,23,24)(H,25,26). The lowest BCUT2D eigenvalue weighted by atomic mass is 10.1. The van der Waals surface area contributed by atoms with Crippen molar-refractivity contribution in [2.75, 3.05) is 5.32 Å². The zero-order valence-corrected chi connectivity index (χ0v) is 14.4. The number of carboxylic acids is 1. The summed E-state index contributed by atoms with van der Waals surface area (Å²) in [4.78, 5) is 20.1. The number of hydrogen-bond donors (Lipinski definition) is 2. The molecule has 0 aliphatic rings. The van der Waals surface area contributed by atoms with Gasteiger partial charge in [-0.3, -0.25) is 0 Å². The minimum absolute atomic E-state index is 0.195. The first-order valence-electron chi connectivity index (χ1n) is 7.81. The highest BCUT2D eigenvalue weighted by molar-refractivity contribution is 6.31. The van der Waals surface area contributed by atoms with Gasteiger partial charge in [0, 0.05) is 10.4 Å². The zero-order valence-electron chi connectivity index (χ0n) is 13.6. The Kier molecular flexibility index (Phi) is 4.21. The van der Waals surface area contributed by atoms with Crippen molar-refractivity contribution in [1.82, 2.24) is 9.97 Å². The maximum absolute atomic E-state index is 13.5. The molecular formula is C19H11ClFN3O3. The Morgan fingerprint density at radius 3 is 2.74 bits per heavy atom. The lowest BCUT2D eigenvalue weighted by molar-refractivity contribution is 0.0697. The number of pyridine rings is 1. The molecule has 6 nitrogen and oxygen atoms in total. The van der Waals surface area contributed by atoms with Gasteiger partial charge in [0.15, 0.2) is 0 Å². The topological polar surface area (TPSA) is 88.2 Å². The Balaban J connectivity index is 1.90. The molecule has 134 valence electrons. The molecule has 0 spiro atoms. The lowest BCUT2D eigenvalue weighted by Gasteiger charge is -2.13. The number of aromatic nitrogens is 2. The monoisotopic (exact) mass is 383 g/mol. The van der Waals surface area contributed by atoms with E-state index in [1.807, 2.05) is 0 Å². The summed E-state index contributed by atoms with van der Waals surface area (Å²) in [5.74, 6) is -1.57. The summed E-state index contributed by atoms with van der Waals surface area (Å²) in [6, 6.07) is 10.3. The highest BCUT2D eigenvalue weighted by atomic mass is 35.5. The van der Waals surface area contributed by atoms with Gasteiger partial charge in [-0.1, -0.05) is 11.6 Å². The van der Waals surface area contributed by atoms with Crippen LogP contribution in [0.3, 0.4) is 0 Å². The fourth-order valence-electron chi connectivity index (χ4n) is 2.71. The molecule has 4 rings (SSSR count). The first-order chi connectivity index (χ1) is 13.0. The number of nitrogens with zero attached hydrogens (tertiary/aromatic N) is 2. The van der Waals surface area contributed by atoms with E-state index in [2.05, 4.69) is 15.3 Å². The fourth-order valence-corrected chi connectivity index (χ4v) is 2.88. The van der Waals surface area contributed by atoms with Crippen LogP contribution < -0.4 is 5.32 Å². The number of benzene rings is 2. The van der Waals surface area contributed by atoms with E-state index in [0.717, 1.165) is 6.07 Å². The normalized spacial score (nSPS) is 10.9. The van der Waals surface area contributed by atoms with Crippen molar-refractivity contribution in [2.45, 2.75) is 0 Å². The number of fused-ring (bicyclic) bond motifs is 1. The number of hydrogen-bond acceptors (Lipinski definition) is 5. The van der Waals surface area contributed by atoms with Crippen LogP contribution in [0.1, 0.15) is 10.4 Å². The Hall–Kier alpha value is -3.45. The van der Waals surface area contributed by atoms with Crippen LogP contribution in [0.2, 0.25) is 5.02 Å². The van der Waals surface area contributed by atoms with E-state index in [1.165, 1.54) is 24.6 Å². The van der Waals surface area contributed by atoms with Gasteiger partial charge in [0.1, 0.15) is 17.8 Å². The smallest absolute Gasteiger partial charge is 0.337 e. The third kappa shape index (κ3) is 3.32.